The van der Waals surface area contributed by atoms with Crippen LogP contribution in [0, 0.1) is 23.7 Å². The van der Waals surface area contributed by atoms with Crippen molar-refractivity contribution in [1.82, 2.24) is 20.4 Å². The Labute approximate surface area is 193 Å². The van der Waals surface area contributed by atoms with Crippen molar-refractivity contribution in [2.75, 3.05) is 52.5 Å². The summed E-state index contributed by atoms with van der Waals surface area (Å²) in [7, 11) is 0. The molecule has 4 bridgehead atoms. The normalized spacial score (nSPS) is 35.1. The molecule has 180 valence electrons. The molecular weight excluding hydrogens is 404 g/mol. The van der Waals surface area contributed by atoms with E-state index in [9.17, 15) is 9.59 Å². The highest BCUT2D eigenvalue weighted by molar-refractivity contribution is 5.78. The van der Waals surface area contributed by atoms with Gasteiger partial charge in [0.05, 0.1) is 13.2 Å². The van der Waals surface area contributed by atoms with E-state index in [0.29, 0.717) is 13.0 Å². The van der Waals surface area contributed by atoms with Crippen LogP contribution in [0.5, 0.6) is 0 Å². The Morgan fingerprint density at radius 1 is 0.906 bits per heavy atom. The first-order chi connectivity index (χ1) is 15.6. The van der Waals surface area contributed by atoms with Crippen LogP contribution in [0.1, 0.15) is 64.2 Å². The number of carbonyl (C=O) groups is 2. The summed E-state index contributed by atoms with van der Waals surface area (Å²) in [5, 5.41) is 6.32. The van der Waals surface area contributed by atoms with Crippen LogP contribution in [-0.2, 0) is 9.53 Å². The Kier molecular flexibility index (Phi) is 6.93. The lowest BCUT2D eigenvalue weighted by molar-refractivity contribution is -0.132. The van der Waals surface area contributed by atoms with Crippen LogP contribution < -0.4 is 10.6 Å². The number of hydrogen-bond acceptors (Lipinski definition) is 4. The molecule has 32 heavy (non-hydrogen) atoms. The van der Waals surface area contributed by atoms with Crippen molar-refractivity contribution in [1.29, 1.82) is 0 Å². The van der Waals surface area contributed by atoms with Gasteiger partial charge in [0, 0.05) is 44.7 Å². The number of amides is 3. The highest BCUT2D eigenvalue weighted by Crippen LogP contribution is 2.55. The topological polar surface area (TPSA) is 73.9 Å². The van der Waals surface area contributed by atoms with Crippen LogP contribution in [0.2, 0.25) is 0 Å². The lowest BCUT2D eigenvalue weighted by atomic mass is 9.53. The van der Waals surface area contributed by atoms with E-state index < -0.39 is 0 Å². The first kappa shape index (κ1) is 22.5. The molecule has 6 rings (SSSR count). The molecule has 0 unspecified atom stereocenters. The number of morpholine rings is 1. The van der Waals surface area contributed by atoms with E-state index in [2.05, 4.69) is 15.5 Å². The van der Waals surface area contributed by atoms with Gasteiger partial charge in [-0.2, -0.15) is 0 Å². The molecule has 0 atom stereocenters. The molecule has 4 aliphatic carbocycles. The molecule has 6 aliphatic rings. The van der Waals surface area contributed by atoms with Crippen LogP contribution in [0.3, 0.4) is 0 Å². The van der Waals surface area contributed by atoms with Gasteiger partial charge in [0.25, 0.3) is 0 Å². The van der Waals surface area contributed by atoms with E-state index in [1.165, 1.54) is 25.7 Å². The van der Waals surface area contributed by atoms with Crippen molar-refractivity contribution in [3.63, 3.8) is 0 Å². The maximum Gasteiger partial charge on any atom is 0.315 e. The minimum absolute atomic E-state index is 0.0337. The molecule has 6 fully saturated rings. The van der Waals surface area contributed by atoms with E-state index in [1.807, 2.05) is 4.90 Å². The number of rotatable bonds is 7. The van der Waals surface area contributed by atoms with Crippen molar-refractivity contribution < 1.29 is 14.3 Å². The Morgan fingerprint density at radius 3 is 2.16 bits per heavy atom. The largest absolute Gasteiger partial charge is 0.379 e. The predicted octanol–water partition coefficient (Wildman–Crippen LogP) is 2.61. The molecule has 3 amide bonds. The fraction of sp³-hybridized carbons (Fsp3) is 0.920. The summed E-state index contributed by atoms with van der Waals surface area (Å²) in [6, 6.07) is -0.0680. The number of hydrogen-bond donors (Lipinski definition) is 2. The van der Waals surface area contributed by atoms with Crippen LogP contribution in [0.15, 0.2) is 0 Å². The van der Waals surface area contributed by atoms with Gasteiger partial charge in [-0.3, -0.25) is 9.69 Å². The molecule has 4 saturated carbocycles. The van der Waals surface area contributed by atoms with E-state index in [4.69, 9.17) is 4.74 Å². The van der Waals surface area contributed by atoms with Crippen molar-refractivity contribution >= 4 is 11.9 Å². The molecule has 0 spiro atoms. The van der Waals surface area contributed by atoms with Crippen LogP contribution in [0.4, 0.5) is 4.79 Å². The van der Waals surface area contributed by atoms with Crippen molar-refractivity contribution in [2.45, 2.75) is 69.7 Å². The van der Waals surface area contributed by atoms with E-state index in [0.717, 1.165) is 102 Å². The number of ether oxygens (including phenoxy) is 1. The lowest BCUT2D eigenvalue weighted by Gasteiger charge is -2.56. The number of piperidine rings is 1. The monoisotopic (exact) mass is 446 g/mol. The molecule has 2 saturated heterocycles. The molecule has 0 radical (unpaired) electrons. The molecule has 2 N–H and O–H groups in total. The maximum absolute atomic E-state index is 12.6. The van der Waals surface area contributed by atoms with Gasteiger partial charge in [0.2, 0.25) is 5.91 Å². The predicted molar refractivity (Wildman–Crippen MR) is 123 cm³/mol. The minimum atomic E-state index is -0.0680. The Bertz CT molecular complexity index is 635. The zero-order valence-electron chi connectivity index (χ0n) is 19.7. The maximum atomic E-state index is 12.6. The molecule has 2 aliphatic heterocycles. The third-order valence-electron chi connectivity index (χ3n) is 8.97. The molecule has 0 aromatic rings. The number of nitrogens with one attached hydrogen (secondary N) is 2. The van der Waals surface area contributed by atoms with E-state index >= 15 is 0 Å². The highest BCUT2D eigenvalue weighted by atomic mass is 16.5. The summed E-state index contributed by atoms with van der Waals surface area (Å²) < 4.78 is 5.42. The second-order valence-electron chi connectivity index (χ2n) is 11.4. The van der Waals surface area contributed by atoms with Gasteiger partial charge in [-0.25, -0.2) is 4.79 Å². The fourth-order valence-electron chi connectivity index (χ4n) is 7.65. The van der Waals surface area contributed by atoms with Crippen LogP contribution in [-0.4, -0.2) is 79.8 Å². The highest BCUT2D eigenvalue weighted by Gasteiger charge is 2.51. The molecule has 7 heteroatoms. The van der Waals surface area contributed by atoms with E-state index in [1.54, 1.807) is 0 Å². The minimum Gasteiger partial charge on any atom is -0.379 e. The second kappa shape index (κ2) is 9.88. The smallest absolute Gasteiger partial charge is 0.315 e. The fourth-order valence-corrected chi connectivity index (χ4v) is 7.65. The summed E-state index contributed by atoms with van der Waals surface area (Å²) >= 11 is 0. The molecule has 0 aromatic carbocycles. The number of nitrogens with zero attached hydrogens (tertiary/aromatic N) is 2. The summed E-state index contributed by atoms with van der Waals surface area (Å²) in [6.07, 6.45) is 11.5. The van der Waals surface area contributed by atoms with Gasteiger partial charge < -0.3 is 20.3 Å². The SMILES string of the molecule is O=C(NCCC(=O)N1CCC(CCN2CCOCC2)CC1)NC12CC3CC(CC(C3)C1)C2. The third-order valence-corrected chi connectivity index (χ3v) is 8.97. The summed E-state index contributed by atoms with van der Waals surface area (Å²) in [6.45, 7) is 7.17. The number of likely N-dealkylation sites (tertiary alicyclic amines) is 1. The number of urea groups is 1. The second-order valence-corrected chi connectivity index (χ2v) is 11.4. The van der Waals surface area contributed by atoms with Gasteiger partial charge >= 0.3 is 6.03 Å². The van der Waals surface area contributed by atoms with Crippen LogP contribution in [0.25, 0.3) is 0 Å². The standard InChI is InChI=1S/C25H42N4O3/c30-23(29-7-3-19(4-8-29)2-6-28-9-11-32-12-10-28)1-5-26-24(31)27-25-16-20-13-21(17-25)15-22(14-20)18-25/h19-22H,1-18H2,(H2,26,27,31). The average molecular weight is 447 g/mol. The van der Waals surface area contributed by atoms with Crippen LogP contribution >= 0.6 is 0 Å². The van der Waals surface area contributed by atoms with Gasteiger partial charge in [-0.1, -0.05) is 0 Å². The van der Waals surface area contributed by atoms with Gasteiger partial charge in [-0.15, -0.1) is 0 Å². The van der Waals surface area contributed by atoms with E-state index in [-0.39, 0.29) is 17.5 Å². The van der Waals surface area contributed by atoms with Crippen molar-refractivity contribution in [2.24, 2.45) is 23.7 Å². The molecular formula is C25H42N4O3. The van der Waals surface area contributed by atoms with Crippen molar-refractivity contribution in [3.8, 4) is 0 Å². The van der Waals surface area contributed by atoms with Crippen molar-refractivity contribution in [3.05, 3.63) is 0 Å². The molecule has 7 nitrogen and oxygen atoms in total. The molecule has 0 aromatic heterocycles. The first-order valence-corrected chi connectivity index (χ1v) is 13.2. The van der Waals surface area contributed by atoms with Gasteiger partial charge in [0.15, 0.2) is 0 Å². The Balaban J connectivity index is 0.968. The summed E-state index contributed by atoms with van der Waals surface area (Å²) in [5.41, 5.74) is 0.0337. The first-order valence-electron chi connectivity index (χ1n) is 13.2. The average Bonchev–Trinajstić information content (AvgIpc) is 2.77. The third kappa shape index (κ3) is 5.41. The quantitative estimate of drug-likeness (QED) is 0.631. The Morgan fingerprint density at radius 2 is 1.53 bits per heavy atom. The van der Waals surface area contributed by atoms with Gasteiger partial charge in [0.1, 0.15) is 0 Å². The molecule has 2 heterocycles. The zero-order chi connectivity index (χ0) is 22.0. The zero-order valence-corrected chi connectivity index (χ0v) is 19.7. The lowest BCUT2D eigenvalue weighted by Crippen LogP contribution is -2.61. The van der Waals surface area contributed by atoms with Gasteiger partial charge in [-0.05, 0) is 88.0 Å². The summed E-state index contributed by atoms with van der Waals surface area (Å²) in [4.78, 5) is 29.7. The summed E-state index contributed by atoms with van der Waals surface area (Å²) in [5.74, 6) is 3.37. The Hall–Kier alpha value is -1.34. The number of carbonyl (C=O) groups excluding carboxylic acids is 2.